The number of hydrogen-bond acceptors (Lipinski definition) is 4. The number of thiophene rings is 1. The van der Waals surface area contributed by atoms with Gasteiger partial charge in [0.15, 0.2) is 0 Å². The van der Waals surface area contributed by atoms with Crippen LogP contribution in [0.15, 0.2) is 11.4 Å². The number of rotatable bonds is 8. The molecule has 0 aliphatic rings. The lowest BCUT2D eigenvalue weighted by Gasteiger charge is -2.03. The zero-order valence-electron chi connectivity index (χ0n) is 10.8. The van der Waals surface area contributed by atoms with E-state index in [4.69, 9.17) is 14.6 Å². The monoisotopic (exact) mass is 268 g/mol. The maximum absolute atomic E-state index is 8.59. The molecular formula is C14H20O3S. The fourth-order valence-corrected chi connectivity index (χ4v) is 2.05. The highest BCUT2D eigenvalue weighted by Crippen LogP contribution is 2.14. The fourth-order valence-electron chi connectivity index (χ4n) is 1.30. The molecule has 1 aromatic heterocycles. The van der Waals surface area contributed by atoms with Gasteiger partial charge in [0.25, 0.3) is 0 Å². The minimum absolute atomic E-state index is 0.100. The highest BCUT2D eigenvalue weighted by atomic mass is 32.1. The Morgan fingerprint density at radius 3 is 2.89 bits per heavy atom. The van der Waals surface area contributed by atoms with Crippen molar-refractivity contribution < 1.29 is 14.6 Å². The van der Waals surface area contributed by atoms with Crippen LogP contribution in [0.25, 0.3) is 0 Å². The van der Waals surface area contributed by atoms with E-state index in [1.807, 2.05) is 11.4 Å². The Hall–Kier alpha value is -0.860. The molecule has 0 unspecified atom stereocenters. The molecule has 0 saturated carbocycles. The summed E-state index contributed by atoms with van der Waals surface area (Å²) in [5.74, 6) is 5.49. The topological polar surface area (TPSA) is 38.7 Å². The summed E-state index contributed by atoms with van der Waals surface area (Å²) in [6.45, 7) is 4.74. The average molecular weight is 268 g/mol. The Labute approximate surface area is 113 Å². The van der Waals surface area contributed by atoms with Crippen LogP contribution >= 0.6 is 11.3 Å². The van der Waals surface area contributed by atoms with E-state index < -0.39 is 0 Å². The van der Waals surface area contributed by atoms with Gasteiger partial charge in [-0.05, 0) is 12.5 Å². The van der Waals surface area contributed by atoms with Gasteiger partial charge in [-0.1, -0.05) is 25.2 Å². The Balaban J connectivity index is 2.10. The van der Waals surface area contributed by atoms with Gasteiger partial charge in [-0.3, -0.25) is 0 Å². The van der Waals surface area contributed by atoms with E-state index in [1.165, 1.54) is 0 Å². The van der Waals surface area contributed by atoms with Crippen molar-refractivity contribution in [1.29, 1.82) is 0 Å². The van der Waals surface area contributed by atoms with Crippen molar-refractivity contribution >= 4 is 11.3 Å². The first-order valence-electron chi connectivity index (χ1n) is 6.19. The van der Waals surface area contributed by atoms with Gasteiger partial charge in [-0.2, -0.15) is 0 Å². The molecule has 0 aliphatic heterocycles. The summed E-state index contributed by atoms with van der Waals surface area (Å²) in [7, 11) is 0. The van der Waals surface area contributed by atoms with Crippen LogP contribution < -0.4 is 0 Å². The number of ether oxygens (including phenoxy) is 2. The summed E-state index contributed by atoms with van der Waals surface area (Å²) in [6.07, 6.45) is 2.27. The van der Waals surface area contributed by atoms with E-state index in [1.54, 1.807) is 11.3 Å². The van der Waals surface area contributed by atoms with Gasteiger partial charge < -0.3 is 14.6 Å². The largest absolute Gasteiger partial charge is 0.384 e. The molecule has 1 aromatic rings. The molecule has 1 N–H and O–H groups in total. The highest BCUT2D eigenvalue weighted by molar-refractivity contribution is 7.10. The van der Waals surface area contributed by atoms with E-state index in [2.05, 4.69) is 18.8 Å². The van der Waals surface area contributed by atoms with Crippen LogP contribution in [0.1, 0.15) is 30.2 Å². The van der Waals surface area contributed by atoms with E-state index in [-0.39, 0.29) is 6.61 Å². The molecule has 4 heteroatoms. The van der Waals surface area contributed by atoms with Crippen molar-refractivity contribution in [1.82, 2.24) is 0 Å². The molecule has 1 heterocycles. The van der Waals surface area contributed by atoms with Crippen LogP contribution in [0.3, 0.4) is 0 Å². The first-order chi connectivity index (χ1) is 8.86. The Bertz CT molecular complexity index is 376. The van der Waals surface area contributed by atoms with Gasteiger partial charge in [0, 0.05) is 22.4 Å². The second kappa shape index (κ2) is 10.1. The van der Waals surface area contributed by atoms with Gasteiger partial charge in [0.2, 0.25) is 0 Å². The molecule has 0 aromatic carbocycles. The summed E-state index contributed by atoms with van der Waals surface area (Å²) in [6, 6.07) is 1.99. The molecule has 0 amide bonds. The van der Waals surface area contributed by atoms with Crippen molar-refractivity contribution in [3.05, 3.63) is 21.9 Å². The molecule has 3 nitrogen and oxygen atoms in total. The SMILES string of the molecule is CCCCOCCOCc1cc(C#CCO)cs1. The van der Waals surface area contributed by atoms with Crippen molar-refractivity contribution in [3.63, 3.8) is 0 Å². The van der Waals surface area contributed by atoms with Crippen molar-refractivity contribution in [2.75, 3.05) is 26.4 Å². The molecule has 0 fully saturated rings. The lowest BCUT2D eigenvalue weighted by Crippen LogP contribution is -2.04. The molecule has 0 bridgehead atoms. The van der Waals surface area contributed by atoms with Crippen LogP contribution in [-0.4, -0.2) is 31.5 Å². The third-order valence-corrected chi connectivity index (χ3v) is 3.13. The van der Waals surface area contributed by atoms with E-state index in [0.717, 1.165) is 29.9 Å². The maximum atomic E-state index is 8.59. The van der Waals surface area contributed by atoms with Crippen LogP contribution in [0.2, 0.25) is 0 Å². The summed E-state index contributed by atoms with van der Waals surface area (Å²) in [4.78, 5) is 1.14. The number of unbranched alkanes of at least 4 members (excludes halogenated alkanes) is 1. The van der Waals surface area contributed by atoms with Crippen LogP contribution in [0.4, 0.5) is 0 Å². The first kappa shape index (κ1) is 15.2. The van der Waals surface area contributed by atoms with Crippen LogP contribution in [0.5, 0.6) is 0 Å². The van der Waals surface area contributed by atoms with E-state index >= 15 is 0 Å². The lowest BCUT2D eigenvalue weighted by atomic mass is 10.3. The maximum Gasteiger partial charge on any atom is 0.104 e. The number of aliphatic hydroxyl groups excluding tert-OH is 1. The Morgan fingerprint density at radius 2 is 2.11 bits per heavy atom. The molecule has 0 atom stereocenters. The minimum Gasteiger partial charge on any atom is -0.384 e. The first-order valence-corrected chi connectivity index (χ1v) is 7.07. The third kappa shape index (κ3) is 6.77. The summed E-state index contributed by atoms with van der Waals surface area (Å²) in [5, 5.41) is 10.6. The molecule has 0 spiro atoms. The van der Waals surface area contributed by atoms with Gasteiger partial charge in [0.1, 0.15) is 6.61 Å². The van der Waals surface area contributed by atoms with E-state index in [9.17, 15) is 0 Å². The van der Waals surface area contributed by atoms with E-state index in [0.29, 0.717) is 19.8 Å². The second-order valence-electron chi connectivity index (χ2n) is 3.78. The van der Waals surface area contributed by atoms with Gasteiger partial charge in [0.05, 0.1) is 19.8 Å². The molecule has 1 rings (SSSR count). The molecule has 100 valence electrons. The van der Waals surface area contributed by atoms with Crippen molar-refractivity contribution in [2.45, 2.75) is 26.4 Å². The molecular weight excluding hydrogens is 248 g/mol. The van der Waals surface area contributed by atoms with Crippen molar-refractivity contribution in [3.8, 4) is 11.8 Å². The van der Waals surface area contributed by atoms with Crippen molar-refractivity contribution in [2.24, 2.45) is 0 Å². The van der Waals surface area contributed by atoms with Gasteiger partial charge in [-0.25, -0.2) is 0 Å². The zero-order chi connectivity index (χ0) is 13.1. The predicted molar refractivity (Wildman–Crippen MR) is 73.7 cm³/mol. The highest BCUT2D eigenvalue weighted by Gasteiger charge is 1.98. The minimum atomic E-state index is -0.100. The Kier molecular flexibility index (Phi) is 8.53. The molecule has 0 saturated heterocycles. The number of hydrogen-bond donors (Lipinski definition) is 1. The smallest absolute Gasteiger partial charge is 0.104 e. The molecule has 0 radical (unpaired) electrons. The summed E-state index contributed by atoms with van der Waals surface area (Å²) >= 11 is 1.62. The average Bonchev–Trinajstić information content (AvgIpc) is 2.83. The zero-order valence-corrected chi connectivity index (χ0v) is 11.6. The van der Waals surface area contributed by atoms with Crippen LogP contribution in [-0.2, 0) is 16.1 Å². The standard InChI is InChI=1S/C14H20O3S/c1-2-3-7-16-8-9-17-11-14-10-13(12-18-14)5-4-6-15/h10,12,15H,2-3,6-9,11H2,1H3. The Morgan fingerprint density at radius 1 is 1.28 bits per heavy atom. The normalized spacial score (nSPS) is 10.1. The quantitative estimate of drug-likeness (QED) is 0.581. The fraction of sp³-hybridized carbons (Fsp3) is 0.571. The van der Waals surface area contributed by atoms with Gasteiger partial charge >= 0.3 is 0 Å². The van der Waals surface area contributed by atoms with Gasteiger partial charge in [-0.15, -0.1) is 11.3 Å². The summed E-state index contributed by atoms with van der Waals surface area (Å²) < 4.78 is 10.9. The summed E-state index contributed by atoms with van der Waals surface area (Å²) in [5.41, 5.74) is 0.937. The molecule has 18 heavy (non-hydrogen) atoms. The third-order valence-electron chi connectivity index (χ3n) is 2.22. The lowest BCUT2D eigenvalue weighted by molar-refractivity contribution is 0.0406. The molecule has 0 aliphatic carbocycles. The second-order valence-corrected chi connectivity index (χ2v) is 4.78. The van der Waals surface area contributed by atoms with Crippen LogP contribution in [0, 0.1) is 11.8 Å². The number of aliphatic hydroxyl groups is 1. The predicted octanol–water partition coefficient (Wildman–Crippen LogP) is 2.43.